The topological polar surface area (TPSA) is 93.4 Å². The van der Waals surface area contributed by atoms with Crippen molar-refractivity contribution in [2.45, 2.75) is 25.8 Å². The van der Waals surface area contributed by atoms with Crippen molar-refractivity contribution in [1.29, 1.82) is 5.26 Å². The minimum atomic E-state index is -1.07. The van der Waals surface area contributed by atoms with Gasteiger partial charge in [-0.05, 0) is 18.6 Å². The van der Waals surface area contributed by atoms with Gasteiger partial charge >= 0.3 is 12.0 Å². The highest BCUT2D eigenvalue weighted by molar-refractivity contribution is 5.94. The number of benzene rings is 1. The molecule has 0 aliphatic heterocycles. The van der Waals surface area contributed by atoms with Gasteiger partial charge in [-0.1, -0.05) is 25.1 Å². The summed E-state index contributed by atoms with van der Waals surface area (Å²) in [4.78, 5) is 24.5. The summed E-state index contributed by atoms with van der Waals surface area (Å²) >= 11 is 0. The smallest absolute Gasteiger partial charge is 0.326 e. The van der Waals surface area contributed by atoms with Gasteiger partial charge in [0, 0.05) is 12.2 Å². The van der Waals surface area contributed by atoms with E-state index in [4.69, 9.17) is 10.4 Å². The van der Waals surface area contributed by atoms with E-state index in [9.17, 15) is 9.59 Å². The second-order valence-corrected chi connectivity index (χ2v) is 4.14. The number of amides is 2. The molecule has 0 heterocycles. The van der Waals surface area contributed by atoms with Crippen molar-refractivity contribution in [3.63, 3.8) is 0 Å². The van der Waals surface area contributed by atoms with E-state index >= 15 is 0 Å². The van der Waals surface area contributed by atoms with E-state index < -0.39 is 18.0 Å². The van der Waals surface area contributed by atoms with Crippen LogP contribution >= 0.6 is 0 Å². The van der Waals surface area contributed by atoms with Crippen LogP contribution in [-0.2, 0) is 4.79 Å². The third kappa shape index (κ3) is 4.28. The lowest BCUT2D eigenvalue weighted by Gasteiger charge is -2.24. The number of nitrogens with one attached hydrogen (secondary N) is 1. The average molecular weight is 275 g/mol. The van der Waals surface area contributed by atoms with E-state index in [2.05, 4.69) is 5.32 Å². The fourth-order valence-electron chi connectivity index (χ4n) is 1.68. The monoisotopic (exact) mass is 275 g/mol. The van der Waals surface area contributed by atoms with Gasteiger partial charge in [0.2, 0.25) is 0 Å². The molecule has 20 heavy (non-hydrogen) atoms. The summed E-state index contributed by atoms with van der Waals surface area (Å²) in [5.74, 6) is -1.07. The Morgan fingerprint density at radius 3 is 2.55 bits per heavy atom. The number of hydrogen-bond acceptors (Lipinski definition) is 3. The van der Waals surface area contributed by atoms with Gasteiger partial charge in [0.05, 0.1) is 12.5 Å². The van der Waals surface area contributed by atoms with E-state index in [0.717, 1.165) is 0 Å². The first-order valence-corrected chi connectivity index (χ1v) is 6.33. The van der Waals surface area contributed by atoms with Crippen molar-refractivity contribution >= 4 is 17.7 Å². The lowest BCUT2D eigenvalue weighted by Crippen LogP contribution is -2.48. The number of rotatable bonds is 6. The van der Waals surface area contributed by atoms with Crippen molar-refractivity contribution in [2.75, 3.05) is 11.4 Å². The summed E-state index contributed by atoms with van der Waals surface area (Å²) in [7, 11) is 0. The van der Waals surface area contributed by atoms with Crippen LogP contribution in [0, 0.1) is 11.3 Å². The Morgan fingerprint density at radius 1 is 1.40 bits per heavy atom. The molecule has 0 unspecified atom stereocenters. The maximum absolute atomic E-state index is 12.2. The summed E-state index contributed by atoms with van der Waals surface area (Å²) in [6, 6.07) is 9.36. The van der Waals surface area contributed by atoms with Crippen molar-refractivity contribution in [2.24, 2.45) is 0 Å². The van der Waals surface area contributed by atoms with Crippen LogP contribution in [0.4, 0.5) is 10.5 Å². The molecule has 0 aliphatic carbocycles. The number of aliphatic carboxylic acids is 1. The number of anilines is 1. The Morgan fingerprint density at radius 2 is 2.05 bits per heavy atom. The SMILES string of the molecule is CC[C@@H](NC(=O)N(CCC#N)c1ccccc1)C(=O)O. The number of nitrogens with zero attached hydrogens (tertiary/aromatic N) is 2. The molecule has 1 atom stereocenters. The van der Waals surface area contributed by atoms with E-state index in [1.807, 2.05) is 12.1 Å². The summed E-state index contributed by atoms with van der Waals surface area (Å²) in [6.07, 6.45) is 0.466. The predicted molar refractivity (Wildman–Crippen MR) is 74.3 cm³/mol. The number of urea groups is 1. The molecule has 2 amide bonds. The maximum atomic E-state index is 12.2. The molecule has 0 saturated carbocycles. The Labute approximate surface area is 117 Å². The molecule has 1 rings (SSSR count). The normalized spacial score (nSPS) is 11.2. The molecule has 106 valence electrons. The quantitative estimate of drug-likeness (QED) is 0.830. The van der Waals surface area contributed by atoms with Crippen LogP contribution in [0.15, 0.2) is 30.3 Å². The zero-order valence-electron chi connectivity index (χ0n) is 11.2. The summed E-state index contributed by atoms with van der Waals surface area (Å²) in [5, 5.41) is 20.1. The number of carbonyl (C=O) groups is 2. The number of nitriles is 1. The Hall–Kier alpha value is -2.55. The van der Waals surface area contributed by atoms with Gasteiger partial charge in [0.25, 0.3) is 0 Å². The first kappa shape index (κ1) is 15.5. The first-order chi connectivity index (χ1) is 9.60. The Bertz CT molecular complexity index is 496. The molecule has 0 radical (unpaired) electrons. The molecule has 6 nitrogen and oxygen atoms in total. The van der Waals surface area contributed by atoms with Crippen LogP contribution in [0.5, 0.6) is 0 Å². The van der Waals surface area contributed by atoms with Gasteiger partial charge in [-0.15, -0.1) is 0 Å². The van der Waals surface area contributed by atoms with Gasteiger partial charge in [-0.2, -0.15) is 5.26 Å². The van der Waals surface area contributed by atoms with Crippen LogP contribution in [0.3, 0.4) is 0 Å². The third-order valence-electron chi connectivity index (χ3n) is 2.76. The zero-order valence-corrected chi connectivity index (χ0v) is 11.2. The van der Waals surface area contributed by atoms with E-state index in [0.29, 0.717) is 12.1 Å². The average Bonchev–Trinajstić information content (AvgIpc) is 2.46. The molecule has 1 aromatic rings. The molecule has 0 bridgehead atoms. The first-order valence-electron chi connectivity index (χ1n) is 6.33. The Kier molecular flexibility index (Phi) is 6.04. The molecule has 6 heteroatoms. The summed E-state index contributed by atoms with van der Waals surface area (Å²) < 4.78 is 0. The van der Waals surface area contributed by atoms with Gasteiger partial charge in [-0.25, -0.2) is 9.59 Å². The largest absolute Gasteiger partial charge is 0.480 e. The molecule has 0 aliphatic rings. The summed E-state index contributed by atoms with van der Waals surface area (Å²) in [6.45, 7) is 1.89. The maximum Gasteiger partial charge on any atom is 0.326 e. The van der Waals surface area contributed by atoms with Crippen LogP contribution in [0.2, 0.25) is 0 Å². The van der Waals surface area contributed by atoms with Crippen molar-refractivity contribution in [1.82, 2.24) is 5.32 Å². The lowest BCUT2D eigenvalue weighted by molar-refractivity contribution is -0.139. The van der Waals surface area contributed by atoms with Crippen LogP contribution in [-0.4, -0.2) is 29.7 Å². The number of para-hydroxylation sites is 1. The fraction of sp³-hybridized carbons (Fsp3) is 0.357. The van der Waals surface area contributed by atoms with Crippen molar-refractivity contribution < 1.29 is 14.7 Å². The molecule has 2 N–H and O–H groups in total. The van der Waals surface area contributed by atoms with Crippen LogP contribution in [0.25, 0.3) is 0 Å². The molecule has 0 spiro atoms. The molecule has 1 aromatic carbocycles. The lowest BCUT2D eigenvalue weighted by atomic mass is 10.2. The second-order valence-electron chi connectivity index (χ2n) is 4.14. The second kappa shape index (κ2) is 7.79. The zero-order chi connectivity index (χ0) is 15.0. The van der Waals surface area contributed by atoms with E-state index in [-0.39, 0.29) is 13.0 Å². The van der Waals surface area contributed by atoms with E-state index in [1.165, 1.54) is 4.90 Å². The highest BCUT2D eigenvalue weighted by Crippen LogP contribution is 2.14. The van der Waals surface area contributed by atoms with Gasteiger partial charge in [0.15, 0.2) is 0 Å². The molecular formula is C14H17N3O3. The minimum Gasteiger partial charge on any atom is -0.480 e. The molecular weight excluding hydrogens is 258 g/mol. The predicted octanol–water partition coefficient (Wildman–Crippen LogP) is 1.98. The van der Waals surface area contributed by atoms with Crippen LogP contribution < -0.4 is 10.2 Å². The van der Waals surface area contributed by atoms with Gasteiger partial charge in [0.1, 0.15) is 6.04 Å². The van der Waals surface area contributed by atoms with Crippen LogP contribution in [0.1, 0.15) is 19.8 Å². The van der Waals surface area contributed by atoms with Gasteiger partial charge in [-0.3, -0.25) is 4.90 Å². The number of carboxylic acids is 1. The Balaban J connectivity index is 2.86. The van der Waals surface area contributed by atoms with Crippen molar-refractivity contribution in [3.05, 3.63) is 30.3 Å². The molecule has 0 saturated heterocycles. The number of carboxylic acid groups (broad SMARTS) is 1. The minimum absolute atomic E-state index is 0.173. The highest BCUT2D eigenvalue weighted by Gasteiger charge is 2.22. The molecule has 0 aromatic heterocycles. The van der Waals surface area contributed by atoms with E-state index in [1.54, 1.807) is 31.2 Å². The fourth-order valence-corrected chi connectivity index (χ4v) is 1.68. The highest BCUT2D eigenvalue weighted by atomic mass is 16.4. The summed E-state index contributed by atoms with van der Waals surface area (Å²) in [5.41, 5.74) is 0.625. The third-order valence-corrected chi connectivity index (χ3v) is 2.76. The number of hydrogen-bond donors (Lipinski definition) is 2. The van der Waals surface area contributed by atoms with Crippen molar-refractivity contribution in [3.8, 4) is 6.07 Å². The number of carbonyl (C=O) groups excluding carboxylic acids is 1. The standard InChI is InChI=1S/C14H17N3O3/c1-2-12(13(18)19)16-14(20)17(10-6-9-15)11-7-4-3-5-8-11/h3-5,7-8,12H,2,6,10H2,1H3,(H,16,20)(H,18,19)/t12-/m1/s1. The van der Waals surface area contributed by atoms with Gasteiger partial charge < -0.3 is 10.4 Å². The molecule has 0 fully saturated rings.